The van der Waals surface area contributed by atoms with Gasteiger partial charge < -0.3 is 14.5 Å². The highest BCUT2D eigenvalue weighted by molar-refractivity contribution is 5.62. The van der Waals surface area contributed by atoms with Crippen LogP contribution in [0.25, 0.3) is 5.76 Å². The summed E-state index contributed by atoms with van der Waals surface area (Å²) in [5.74, 6) is 2.30. The van der Waals surface area contributed by atoms with Crippen LogP contribution in [0, 0.1) is 0 Å². The smallest absolute Gasteiger partial charge is 0.125 e. The van der Waals surface area contributed by atoms with Crippen LogP contribution in [0.15, 0.2) is 53.9 Å². The second-order valence-electron chi connectivity index (χ2n) is 6.66. The Bertz CT molecular complexity index is 636. The lowest BCUT2D eigenvalue weighted by molar-refractivity contribution is 0.295. The quantitative estimate of drug-likeness (QED) is 0.648. The van der Waals surface area contributed by atoms with E-state index in [9.17, 15) is 0 Å². The fourth-order valence-corrected chi connectivity index (χ4v) is 3.07. The van der Waals surface area contributed by atoms with Crippen molar-refractivity contribution < 1.29 is 4.74 Å². The molecular weight excluding hydrogens is 308 g/mol. The summed E-state index contributed by atoms with van der Waals surface area (Å²) in [7, 11) is 2.16. The van der Waals surface area contributed by atoms with Crippen molar-refractivity contribution >= 4 is 5.76 Å². The normalized spacial score (nSPS) is 16.1. The third-order valence-corrected chi connectivity index (χ3v) is 4.37. The average molecular weight is 341 g/mol. The summed E-state index contributed by atoms with van der Waals surface area (Å²) < 4.78 is 5.79. The summed E-state index contributed by atoms with van der Waals surface area (Å²) in [6.45, 7) is 12.2. The zero-order valence-corrected chi connectivity index (χ0v) is 16.4. The second kappa shape index (κ2) is 9.36. The standard InChI is InChI=1S/C22H32N2O/c1-6-8-9-10-21-23(5)15-16-24(21)17-19-11-13-20(14-12-19)22(18(3)4)25-7-2/h8-14H,6-7,15-17H2,1-5H3/b9-8+,21-10+. The Morgan fingerprint density at radius 2 is 1.84 bits per heavy atom. The number of ether oxygens (including phenoxy) is 1. The van der Waals surface area contributed by atoms with Gasteiger partial charge in [0.05, 0.1) is 6.61 Å². The number of nitrogens with zero attached hydrogens (tertiary/aromatic N) is 2. The maximum absolute atomic E-state index is 5.79. The first-order chi connectivity index (χ1) is 12.1. The van der Waals surface area contributed by atoms with E-state index in [4.69, 9.17) is 4.74 Å². The van der Waals surface area contributed by atoms with Gasteiger partial charge in [-0.25, -0.2) is 0 Å². The molecule has 0 saturated carbocycles. The molecule has 1 aliphatic rings. The fraction of sp³-hybridized carbons (Fsp3) is 0.455. The minimum Gasteiger partial charge on any atom is -0.493 e. The van der Waals surface area contributed by atoms with Crippen LogP contribution in [-0.2, 0) is 11.3 Å². The van der Waals surface area contributed by atoms with Crippen molar-refractivity contribution in [3.8, 4) is 0 Å². The minimum absolute atomic E-state index is 0.696. The summed E-state index contributed by atoms with van der Waals surface area (Å²) in [6, 6.07) is 8.78. The van der Waals surface area contributed by atoms with E-state index in [1.165, 1.54) is 17.0 Å². The Morgan fingerprint density at radius 1 is 1.12 bits per heavy atom. The topological polar surface area (TPSA) is 15.7 Å². The molecule has 0 radical (unpaired) electrons. The van der Waals surface area contributed by atoms with Gasteiger partial charge in [-0.05, 0) is 44.4 Å². The minimum atomic E-state index is 0.696. The predicted octanol–water partition coefficient (Wildman–Crippen LogP) is 5.03. The summed E-state index contributed by atoms with van der Waals surface area (Å²) >= 11 is 0. The van der Waals surface area contributed by atoms with Gasteiger partial charge in [-0.2, -0.15) is 0 Å². The van der Waals surface area contributed by atoms with Crippen molar-refractivity contribution in [2.45, 2.75) is 40.7 Å². The molecule has 0 bridgehead atoms. The Labute approximate surface area is 153 Å². The molecule has 3 nitrogen and oxygen atoms in total. The van der Waals surface area contributed by atoms with Crippen LogP contribution in [0.1, 0.15) is 45.2 Å². The van der Waals surface area contributed by atoms with E-state index in [-0.39, 0.29) is 0 Å². The van der Waals surface area contributed by atoms with Crippen molar-refractivity contribution in [2.24, 2.45) is 0 Å². The molecule has 1 fully saturated rings. The highest BCUT2D eigenvalue weighted by Crippen LogP contribution is 2.23. The molecule has 0 unspecified atom stereocenters. The van der Waals surface area contributed by atoms with Crippen LogP contribution in [-0.4, -0.2) is 36.5 Å². The zero-order chi connectivity index (χ0) is 18.2. The van der Waals surface area contributed by atoms with Crippen molar-refractivity contribution in [3.63, 3.8) is 0 Å². The average Bonchev–Trinajstić information content (AvgIpc) is 2.94. The Kier molecular flexibility index (Phi) is 7.17. The highest BCUT2D eigenvalue weighted by Gasteiger charge is 2.21. The van der Waals surface area contributed by atoms with Crippen LogP contribution in [0.2, 0.25) is 0 Å². The van der Waals surface area contributed by atoms with Crippen LogP contribution < -0.4 is 0 Å². The SMILES string of the molecule is CC/C=C/C=C1\N(C)CCN1Cc1ccc(C(OCC)=C(C)C)cc1. The molecule has 136 valence electrons. The molecule has 0 N–H and O–H groups in total. The van der Waals surface area contributed by atoms with Crippen molar-refractivity contribution in [1.82, 2.24) is 9.80 Å². The molecule has 0 amide bonds. The molecule has 1 aliphatic heterocycles. The largest absolute Gasteiger partial charge is 0.493 e. The molecule has 1 saturated heterocycles. The molecule has 0 spiro atoms. The third-order valence-electron chi connectivity index (χ3n) is 4.37. The summed E-state index contributed by atoms with van der Waals surface area (Å²) in [4.78, 5) is 4.77. The molecule has 25 heavy (non-hydrogen) atoms. The third kappa shape index (κ3) is 5.15. The molecule has 2 rings (SSSR count). The van der Waals surface area contributed by atoms with E-state index in [1.54, 1.807) is 0 Å². The van der Waals surface area contributed by atoms with Crippen molar-refractivity contribution in [3.05, 3.63) is 65.0 Å². The van der Waals surface area contributed by atoms with Crippen LogP contribution in [0.4, 0.5) is 0 Å². The first kappa shape index (κ1) is 19.2. The van der Waals surface area contributed by atoms with Crippen LogP contribution >= 0.6 is 0 Å². The van der Waals surface area contributed by atoms with Crippen LogP contribution in [0.5, 0.6) is 0 Å². The molecule has 1 heterocycles. The lowest BCUT2D eigenvalue weighted by Crippen LogP contribution is -2.20. The monoisotopic (exact) mass is 340 g/mol. The predicted molar refractivity (Wildman–Crippen MR) is 107 cm³/mol. The Balaban J connectivity index is 2.11. The van der Waals surface area contributed by atoms with Gasteiger partial charge in [-0.15, -0.1) is 0 Å². The fourth-order valence-electron chi connectivity index (χ4n) is 3.07. The number of hydrogen-bond acceptors (Lipinski definition) is 3. The molecule has 1 aromatic carbocycles. The first-order valence-electron chi connectivity index (χ1n) is 9.29. The van der Waals surface area contributed by atoms with E-state index in [1.807, 2.05) is 6.92 Å². The van der Waals surface area contributed by atoms with Gasteiger partial charge in [-0.3, -0.25) is 0 Å². The molecule has 0 atom stereocenters. The van der Waals surface area contributed by atoms with E-state index >= 15 is 0 Å². The van der Waals surface area contributed by atoms with E-state index in [0.29, 0.717) is 6.61 Å². The maximum Gasteiger partial charge on any atom is 0.125 e. The molecule has 0 aliphatic carbocycles. The number of rotatable bonds is 7. The van der Waals surface area contributed by atoms with Gasteiger partial charge in [0.25, 0.3) is 0 Å². The van der Waals surface area contributed by atoms with Crippen LogP contribution in [0.3, 0.4) is 0 Å². The van der Waals surface area contributed by atoms with E-state index < -0.39 is 0 Å². The molecule has 1 aromatic rings. The van der Waals surface area contributed by atoms with E-state index in [2.05, 4.69) is 80.1 Å². The van der Waals surface area contributed by atoms with Gasteiger partial charge in [0.2, 0.25) is 0 Å². The molecular formula is C22H32N2O. The van der Waals surface area contributed by atoms with Gasteiger partial charge in [0.15, 0.2) is 0 Å². The van der Waals surface area contributed by atoms with Gasteiger partial charge >= 0.3 is 0 Å². The first-order valence-corrected chi connectivity index (χ1v) is 9.29. The highest BCUT2D eigenvalue weighted by atomic mass is 16.5. The summed E-state index contributed by atoms with van der Waals surface area (Å²) in [6.07, 6.45) is 7.65. The van der Waals surface area contributed by atoms with Gasteiger partial charge in [0, 0.05) is 32.2 Å². The zero-order valence-electron chi connectivity index (χ0n) is 16.4. The second-order valence-corrected chi connectivity index (χ2v) is 6.66. The lowest BCUT2D eigenvalue weighted by atomic mass is 10.1. The molecule has 0 aromatic heterocycles. The maximum atomic E-state index is 5.79. The Morgan fingerprint density at radius 3 is 2.44 bits per heavy atom. The van der Waals surface area contributed by atoms with Crippen molar-refractivity contribution in [2.75, 3.05) is 26.7 Å². The van der Waals surface area contributed by atoms with E-state index in [0.717, 1.165) is 37.4 Å². The van der Waals surface area contributed by atoms with Gasteiger partial charge in [-0.1, -0.05) is 43.3 Å². The number of benzene rings is 1. The van der Waals surface area contributed by atoms with Gasteiger partial charge in [0.1, 0.15) is 11.6 Å². The number of hydrogen-bond donors (Lipinski definition) is 0. The van der Waals surface area contributed by atoms with Crippen molar-refractivity contribution in [1.29, 1.82) is 0 Å². The molecule has 3 heteroatoms. The summed E-state index contributed by atoms with van der Waals surface area (Å²) in [5.41, 5.74) is 3.70. The number of allylic oxidation sites excluding steroid dienone is 4. The lowest BCUT2D eigenvalue weighted by Gasteiger charge is -2.22. The number of likely N-dealkylation sites (N-methyl/N-ethyl adjacent to an activating group) is 1. The summed E-state index contributed by atoms with van der Waals surface area (Å²) in [5, 5.41) is 0. The Hall–Kier alpha value is -2.16.